The van der Waals surface area contributed by atoms with Gasteiger partial charge in [0.2, 0.25) is 0 Å². The maximum atomic E-state index is 13.0. The number of aryl methyl sites for hydroxylation is 2. The quantitative estimate of drug-likeness (QED) is 0.790. The first-order valence-corrected chi connectivity index (χ1v) is 8.23. The Bertz CT molecular complexity index is 915. The number of nitrogens with two attached hydrogens (primary N) is 1. The van der Waals surface area contributed by atoms with E-state index in [2.05, 4.69) is 10.1 Å². The highest BCUT2D eigenvalue weighted by Gasteiger charge is 2.23. The Kier molecular flexibility index (Phi) is 4.55. The van der Waals surface area contributed by atoms with Crippen molar-refractivity contribution in [3.63, 3.8) is 0 Å². The standard InChI is InChI=1S/C19H22N4O2/c1-11-5-7-14(8-6-11)16-9-15(19(24)23(4)12(2)10-20)17-13(3)22-25-18(17)21-16/h5-9,12H,10,20H2,1-4H3. The summed E-state index contributed by atoms with van der Waals surface area (Å²) >= 11 is 0. The Morgan fingerprint density at radius 1 is 1.28 bits per heavy atom. The van der Waals surface area contributed by atoms with Gasteiger partial charge in [-0.1, -0.05) is 35.0 Å². The summed E-state index contributed by atoms with van der Waals surface area (Å²) in [6, 6.07) is 9.71. The van der Waals surface area contributed by atoms with Crippen LogP contribution in [0, 0.1) is 13.8 Å². The van der Waals surface area contributed by atoms with Gasteiger partial charge in [-0.15, -0.1) is 0 Å². The molecule has 1 amide bonds. The molecule has 130 valence electrons. The molecular weight excluding hydrogens is 316 g/mol. The largest absolute Gasteiger partial charge is 0.338 e. The first-order valence-electron chi connectivity index (χ1n) is 8.23. The SMILES string of the molecule is Cc1ccc(-c2cc(C(=O)N(C)C(C)CN)c3c(C)noc3n2)cc1. The summed E-state index contributed by atoms with van der Waals surface area (Å²) in [5.74, 6) is -0.120. The molecule has 1 unspecified atom stereocenters. The number of benzene rings is 1. The van der Waals surface area contributed by atoms with Gasteiger partial charge < -0.3 is 15.2 Å². The smallest absolute Gasteiger partial charge is 0.259 e. The molecule has 0 aliphatic rings. The van der Waals surface area contributed by atoms with Crippen molar-refractivity contribution in [1.29, 1.82) is 0 Å². The lowest BCUT2D eigenvalue weighted by Crippen LogP contribution is -2.39. The second-order valence-electron chi connectivity index (χ2n) is 6.37. The molecule has 0 spiro atoms. The molecule has 0 saturated heterocycles. The molecule has 0 saturated carbocycles. The maximum absolute atomic E-state index is 13.0. The molecule has 0 radical (unpaired) electrons. The summed E-state index contributed by atoms with van der Waals surface area (Å²) in [7, 11) is 1.75. The van der Waals surface area contributed by atoms with Crippen LogP contribution >= 0.6 is 0 Å². The zero-order valence-electron chi connectivity index (χ0n) is 14.9. The van der Waals surface area contributed by atoms with Crippen LogP contribution in [0.5, 0.6) is 0 Å². The summed E-state index contributed by atoms with van der Waals surface area (Å²) in [5.41, 5.74) is 10.0. The van der Waals surface area contributed by atoms with Gasteiger partial charge in [0.05, 0.1) is 22.3 Å². The van der Waals surface area contributed by atoms with Crippen LogP contribution in [0.25, 0.3) is 22.4 Å². The molecule has 6 nitrogen and oxygen atoms in total. The van der Waals surface area contributed by atoms with E-state index in [1.807, 2.05) is 45.0 Å². The molecule has 1 atom stereocenters. The minimum atomic E-state index is -0.120. The normalized spacial score (nSPS) is 12.4. The Morgan fingerprint density at radius 2 is 1.96 bits per heavy atom. The summed E-state index contributed by atoms with van der Waals surface area (Å²) in [5, 5.41) is 4.63. The fourth-order valence-electron chi connectivity index (χ4n) is 2.68. The summed E-state index contributed by atoms with van der Waals surface area (Å²) < 4.78 is 5.34. The van der Waals surface area contributed by atoms with E-state index in [4.69, 9.17) is 10.3 Å². The predicted octanol–water partition coefficient (Wildman–Crippen LogP) is 2.93. The van der Waals surface area contributed by atoms with Crippen molar-refractivity contribution in [2.24, 2.45) is 5.73 Å². The van der Waals surface area contributed by atoms with Gasteiger partial charge in [-0.2, -0.15) is 0 Å². The second-order valence-corrected chi connectivity index (χ2v) is 6.37. The molecule has 3 aromatic rings. The Hall–Kier alpha value is -2.73. The number of likely N-dealkylation sites (N-methyl/N-ethyl adjacent to an activating group) is 1. The van der Waals surface area contributed by atoms with Crippen LogP contribution in [0.1, 0.15) is 28.5 Å². The summed E-state index contributed by atoms with van der Waals surface area (Å²) in [4.78, 5) is 19.2. The molecule has 0 aliphatic heterocycles. The van der Waals surface area contributed by atoms with Crippen LogP contribution in [-0.4, -0.2) is 40.6 Å². The number of aromatic nitrogens is 2. The average molecular weight is 338 g/mol. The van der Waals surface area contributed by atoms with Crippen molar-refractivity contribution < 1.29 is 9.32 Å². The number of fused-ring (bicyclic) bond motifs is 1. The zero-order chi connectivity index (χ0) is 18.1. The van der Waals surface area contributed by atoms with Crippen molar-refractivity contribution in [3.05, 3.63) is 47.2 Å². The van der Waals surface area contributed by atoms with Gasteiger partial charge in [-0.25, -0.2) is 4.98 Å². The van der Waals surface area contributed by atoms with Gasteiger partial charge in [0.1, 0.15) is 0 Å². The van der Waals surface area contributed by atoms with Crippen molar-refractivity contribution in [2.75, 3.05) is 13.6 Å². The molecular formula is C19H22N4O2. The van der Waals surface area contributed by atoms with Crippen molar-refractivity contribution >= 4 is 17.0 Å². The number of rotatable bonds is 4. The first kappa shape index (κ1) is 17.1. The van der Waals surface area contributed by atoms with Crippen LogP contribution in [0.15, 0.2) is 34.9 Å². The lowest BCUT2D eigenvalue weighted by molar-refractivity contribution is 0.0750. The molecule has 0 bridgehead atoms. The molecule has 25 heavy (non-hydrogen) atoms. The highest BCUT2D eigenvalue weighted by atomic mass is 16.5. The minimum Gasteiger partial charge on any atom is -0.338 e. The fraction of sp³-hybridized carbons (Fsp3) is 0.316. The van der Waals surface area contributed by atoms with Crippen molar-refractivity contribution in [2.45, 2.75) is 26.8 Å². The predicted molar refractivity (Wildman–Crippen MR) is 97.3 cm³/mol. The molecule has 0 fully saturated rings. The number of carbonyl (C=O) groups is 1. The second kappa shape index (κ2) is 6.64. The Labute approximate surface area is 146 Å². The monoisotopic (exact) mass is 338 g/mol. The number of hydrogen-bond donors (Lipinski definition) is 1. The van der Waals surface area contributed by atoms with Gasteiger partial charge in [-0.3, -0.25) is 4.79 Å². The van der Waals surface area contributed by atoms with E-state index in [-0.39, 0.29) is 11.9 Å². The number of amides is 1. The molecule has 2 aromatic heterocycles. The van der Waals surface area contributed by atoms with Crippen molar-refractivity contribution in [3.8, 4) is 11.3 Å². The molecule has 3 rings (SSSR count). The zero-order valence-corrected chi connectivity index (χ0v) is 14.9. The fourth-order valence-corrected chi connectivity index (χ4v) is 2.68. The molecule has 0 aliphatic carbocycles. The topological polar surface area (TPSA) is 85.2 Å². The van der Waals surface area contributed by atoms with Crippen LogP contribution in [-0.2, 0) is 0 Å². The minimum absolute atomic E-state index is 0.0706. The summed E-state index contributed by atoms with van der Waals surface area (Å²) in [6.07, 6.45) is 0. The van der Waals surface area contributed by atoms with E-state index in [1.54, 1.807) is 18.0 Å². The molecule has 2 heterocycles. The Morgan fingerprint density at radius 3 is 2.60 bits per heavy atom. The van der Waals surface area contributed by atoms with Gasteiger partial charge in [0.15, 0.2) is 0 Å². The van der Waals surface area contributed by atoms with Gasteiger partial charge in [0.25, 0.3) is 11.6 Å². The van der Waals surface area contributed by atoms with E-state index >= 15 is 0 Å². The van der Waals surface area contributed by atoms with Crippen molar-refractivity contribution in [1.82, 2.24) is 15.0 Å². The van der Waals surface area contributed by atoms with Crippen LogP contribution in [0.2, 0.25) is 0 Å². The number of carbonyl (C=O) groups excluding carboxylic acids is 1. The van der Waals surface area contributed by atoms with E-state index in [0.29, 0.717) is 34.6 Å². The van der Waals surface area contributed by atoms with E-state index in [9.17, 15) is 4.79 Å². The Balaban J connectivity index is 2.17. The van der Waals surface area contributed by atoms with Gasteiger partial charge in [-0.05, 0) is 26.8 Å². The van der Waals surface area contributed by atoms with E-state index in [1.165, 1.54) is 0 Å². The van der Waals surface area contributed by atoms with Crippen LogP contribution in [0.3, 0.4) is 0 Å². The number of hydrogen-bond acceptors (Lipinski definition) is 5. The maximum Gasteiger partial charge on any atom is 0.259 e. The average Bonchev–Trinajstić information content (AvgIpc) is 3.00. The van der Waals surface area contributed by atoms with E-state index in [0.717, 1.165) is 11.1 Å². The molecule has 6 heteroatoms. The van der Waals surface area contributed by atoms with Gasteiger partial charge >= 0.3 is 0 Å². The van der Waals surface area contributed by atoms with Gasteiger partial charge in [0, 0.05) is 25.2 Å². The molecule has 1 aromatic carbocycles. The lowest BCUT2D eigenvalue weighted by Gasteiger charge is -2.24. The molecule has 2 N–H and O–H groups in total. The summed E-state index contributed by atoms with van der Waals surface area (Å²) in [6.45, 7) is 6.14. The third-order valence-electron chi connectivity index (χ3n) is 4.52. The lowest BCUT2D eigenvalue weighted by atomic mass is 10.0. The third kappa shape index (κ3) is 3.13. The van der Waals surface area contributed by atoms with Crippen LogP contribution < -0.4 is 5.73 Å². The third-order valence-corrected chi connectivity index (χ3v) is 4.52. The highest BCUT2D eigenvalue weighted by molar-refractivity contribution is 6.07. The highest BCUT2D eigenvalue weighted by Crippen LogP contribution is 2.28. The first-order chi connectivity index (χ1) is 11.9. The number of pyridine rings is 1. The number of nitrogens with zero attached hydrogens (tertiary/aromatic N) is 3. The van der Waals surface area contributed by atoms with E-state index < -0.39 is 0 Å². The van der Waals surface area contributed by atoms with Crippen LogP contribution in [0.4, 0.5) is 0 Å².